The molecule has 0 radical (unpaired) electrons. The molecule has 3 rings (SSSR count). The van der Waals surface area contributed by atoms with Gasteiger partial charge in [-0.3, -0.25) is 0 Å². The molecule has 1 saturated heterocycles. The molecule has 0 N–H and O–H groups in total. The molecule has 0 atom stereocenters. The molecule has 4 heteroatoms. The Morgan fingerprint density at radius 2 is 1.57 bits per heavy atom. The highest BCUT2D eigenvalue weighted by atomic mass is 16.3. The summed E-state index contributed by atoms with van der Waals surface area (Å²) in [5, 5.41) is 4.91. The van der Waals surface area contributed by atoms with Crippen LogP contribution < -0.4 is 5.01 Å². The quantitative estimate of drug-likeness (QED) is 0.600. The third-order valence-electron chi connectivity index (χ3n) is 4.57. The van der Waals surface area contributed by atoms with Gasteiger partial charge >= 0.3 is 0 Å². The number of benzene rings is 2. The largest absolute Gasteiger partial charge is 0.303 e. The van der Waals surface area contributed by atoms with Crippen LogP contribution in [0.25, 0.3) is 0 Å². The van der Waals surface area contributed by atoms with Gasteiger partial charge in [-0.15, -0.1) is 4.91 Å². The van der Waals surface area contributed by atoms with Crippen LogP contribution in [0.4, 0.5) is 5.69 Å². The molecule has 23 heavy (non-hydrogen) atoms. The van der Waals surface area contributed by atoms with Gasteiger partial charge in [-0.05, 0) is 37.0 Å². The minimum atomic E-state index is 0.211. The number of anilines is 1. The molecule has 0 spiro atoms. The van der Waals surface area contributed by atoms with Crippen molar-refractivity contribution in [3.8, 4) is 0 Å². The van der Waals surface area contributed by atoms with Gasteiger partial charge in [-0.25, -0.2) is 5.01 Å². The van der Waals surface area contributed by atoms with Crippen molar-refractivity contribution in [1.82, 2.24) is 4.90 Å². The summed E-state index contributed by atoms with van der Waals surface area (Å²) >= 11 is 0. The van der Waals surface area contributed by atoms with Gasteiger partial charge in [0, 0.05) is 19.6 Å². The molecular weight excluding hydrogens is 286 g/mol. The Morgan fingerprint density at radius 3 is 2.17 bits per heavy atom. The second-order valence-electron chi connectivity index (χ2n) is 6.07. The molecule has 120 valence electrons. The molecule has 0 unspecified atom stereocenters. The van der Waals surface area contributed by atoms with Gasteiger partial charge in [0.1, 0.15) is 0 Å². The Labute approximate surface area is 137 Å². The number of nitroso groups, excluding NO2 is 1. The first-order valence-electron chi connectivity index (χ1n) is 8.30. The molecule has 0 amide bonds. The Bertz CT molecular complexity index is 595. The van der Waals surface area contributed by atoms with Crippen molar-refractivity contribution in [3.05, 3.63) is 71.1 Å². The Morgan fingerprint density at radius 1 is 0.957 bits per heavy atom. The number of nitrogens with zero attached hydrogens (tertiary/aromatic N) is 3. The molecule has 0 saturated carbocycles. The van der Waals surface area contributed by atoms with Crippen LogP contribution in [-0.4, -0.2) is 30.6 Å². The van der Waals surface area contributed by atoms with Gasteiger partial charge in [-0.2, -0.15) is 0 Å². The first kappa shape index (κ1) is 15.7. The van der Waals surface area contributed by atoms with Crippen LogP contribution in [0.3, 0.4) is 0 Å². The molecule has 2 aromatic carbocycles. The number of hydrogen-bond acceptors (Lipinski definition) is 3. The van der Waals surface area contributed by atoms with E-state index in [1.54, 1.807) is 5.01 Å². The van der Waals surface area contributed by atoms with Gasteiger partial charge in [0.2, 0.25) is 0 Å². The van der Waals surface area contributed by atoms with E-state index in [9.17, 15) is 4.91 Å². The Hall–Kier alpha value is -2.20. The highest BCUT2D eigenvalue weighted by molar-refractivity contribution is 5.46. The highest BCUT2D eigenvalue weighted by Gasteiger charge is 2.25. The number of likely N-dealkylation sites (tertiary alicyclic amines) is 1. The number of hydrogen-bond donors (Lipinski definition) is 0. The molecule has 1 heterocycles. The molecule has 0 bridgehead atoms. The summed E-state index contributed by atoms with van der Waals surface area (Å²) in [5.74, 6) is 0. The fourth-order valence-electron chi connectivity index (χ4n) is 3.22. The van der Waals surface area contributed by atoms with Crippen molar-refractivity contribution in [2.45, 2.75) is 25.3 Å². The zero-order chi connectivity index (χ0) is 15.9. The van der Waals surface area contributed by atoms with E-state index in [1.165, 1.54) is 5.56 Å². The lowest BCUT2D eigenvalue weighted by Crippen LogP contribution is -2.43. The van der Waals surface area contributed by atoms with Crippen molar-refractivity contribution >= 4 is 5.69 Å². The summed E-state index contributed by atoms with van der Waals surface area (Å²) < 4.78 is 0. The topological polar surface area (TPSA) is 35.9 Å². The maximum Gasteiger partial charge on any atom is 0.0629 e. The lowest BCUT2D eigenvalue weighted by Gasteiger charge is -2.35. The van der Waals surface area contributed by atoms with E-state index in [0.717, 1.165) is 44.6 Å². The maximum absolute atomic E-state index is 11.3. The lowest BCUT2D eigenvalue weighted by molar-refractivity contribution is 0.211. The van der Waals surface area contributed by atoms with Crippen LogP contribution in [0, 0.1) is 4.91 Å². The normalized spacial score (nSPS) is 16.2. The van der Waals surface area contributed by atoms with Crippen molar-refractivity contribution < 1.29 is 0 Å². The van der Waals surface area contributed by atoms with Gasteiger partial charge in [0.15, 0.2) is 0 Å². The third-order valence-corrected chi connectivity index (χ3v) is 4.57. The van der Waals surface area contributed by atoms with E-state index < -0.39 is 0 Å². The van der Waals surface area contributed by atoms with E-state index >= 15 is 0 Å². The van der Waals surface area contributed by atoms with E-state index in [4.69, 9.17) is 0 Å². The van der Waals surface area contributed by atoms with Crippen LogP contribution >= 0.6 is 0 Å². The van der Waals surface area contributed by atoms with Crippen LogP contribution in [0.1, 0.15) is 18.4 Å². The molecule has 1 fully saturated rings. The number of rotatable bonds is 6. The zero-order valence-corrected chi connectivity index (χ0v) is 13.3. The summed E-state index contributed by atoms with van der Waals surface area (Å²) in [6, 6.07) is 20.6. The summed E-state index contributed by atoms with van der Waals surface area (Å²) in [6.45, 7) is 3.13. The summed E-state index contributed by atoms with van der Waals surface area (Å²) in [6.07, 6.45) is 3.05. The van der Waals surface area contributed by atoms with Crippen molar-refractivity contribution in [1.29, 1.82) is 0 Å². The molecule has 0 aromatic heterocycles. The zero-order valence-electron chi connectivity index (χ0n) is 13.3. The van der Waals surface area contributed by atoms with E-state index in [2.05, 4.69) is 40.5 Å². The van der Waals surface area contributed by atoms with E-state index in [0.29, 0.717) is 0 Å². The van der Waals surface area contributed by atoms with Crippen LogP contribution in [-0.2, 0) is 6.42 Å². The van der Waals surface area contributed by atoms with Gasteiger partial charge < -0.3 is 4.90 Å². The summed E-state index contributed by atoms with van der Waals surface area (Å²) in [7, 11) is 0. The first-order chi connectivity index (χ1) is 11.4. The minimum Gasteiger partial charge on any atom is -0.303 e. The van der Waals surface area contributed by atoms with Crippen LogP contribution in [0.5, 0.6) is 0 Å². The van der Waals surface area contributed by atoms with Gasteiger partial charge in [0.25, 0.3) is 0 Å². The van der Waals surface area contributed by atoms with Crippen molar-refractivity contribution in [2.24, 2.45) is 5.29 Å². The van der Waals surface area contributed by atoms with Crippen molar-refractivity contribution in [3.63, 3.8) is 0 Å². The monoisotopic (exact) mass is 309 g/mol. The first-order valence-corrected chi connectivity index (χ1v) is 8.30. The van der Waals surface area contributed by atoms with Crippen LogP contribution in [0.2, 0.25) is 0 Å². The van der Waals surface area contributed by atoms with E-state index in [-0.39, 0.29) is 6.04 Å². The molecule has 4 nitrogen and oxygen atoms in total. The Kier molecular flexibility index (Phi) is 5.37. The standard InChI is InChI=1S/C19H23N3O/c23-20-22(18-9-5-2-6-10-18)19-12-15-21(16-13-19)14-11-17-7-3-1-4-8-17/h1-10,19H,11-16H2. The Balaban J connectivity index is 1.50. The molecule has 1 aliphatic rings. The SMILES string of the molecule is O=NN(c1ccccc1)C1CCN(CCc2ccccc2)CC1. The van der Waals surface area contributed by atoms with Gasteiger partial charge in [0.05, 0.1) is 17.0 Å². The number of piperidine rings is 1. The average Bonchev–Trinajstić information content (AvgIpc) is 2.63. The van der Waals surface area contributed by atoms with Crippen molar-refractivity contribution in [2.75, 3.05) is 24.6 Å². The summed E-state index contributed by atoms with van der Waals surface area (Å²) in [5.41, 5.74) is 2.28. The second-order valence-corrected chi connectivity index (χ2v) is 6.07. The molecule has 1 aliphatic heterocycles. The molecule has 0 aliphatic carbocycles. The van der Waals surface area contributed by atoms with Gasteiger partial charge in [-0.1, -0.05) is 48.5 Å². The predicted molar refractivity (Wildman–Crippen MR) is 94.3 cm³/mol. The average molecular weight is 309 g/mol. The maximum atomic E-state index is 11.3. The summed E-state index contributed by atoms with van der Waals surface area (Å²) in [4.78, 5) is 13.7. The third kappa shape index (κ3) is 4.17. The smallest absolute Gasteiger partial charge is 0.0629 e. The number of para-hydroxylation sites is 1. The predicted octanol–water partition coefficient (Wildman–Crippen LogP) is 3.88. The molecular formula is C19H23N3O. The fraction of sp³-hybridized carbons (Fsp3) is 0.368. The fourth-order valence-corrected chi connectivity index (χ4v) is 3.22. The molecule has 2 aromatic rings. The lowest BCUT2D eigenvalue weighted by atomic mass is 10.0. The highest BCUT2D eigenvalue weighted by Crippen LogP contribution is 2.23. The van der Waals surface area contributed by atoms with Crippen LogP contribution in [0.15, 0.2) is 65.9 Å². The van der Waals surface area contributed by atoms with E-state index in [1.807, 2.05) is 30.3 Å². The minimum absolute atomic E-state index is 0.211. The second kappa shape index (κ2) is 7.88.